The standard InChI is InChI=1S/C11H12F2O/c1-6-8(12)5-9(13)7-3-2-4-10(14)11(6)7/h5,10,14H,2-4H2,1H3/t10-/m1/s1. The molecule has 0 fully saturated rings. The highest BCUT2D eigenvalue weighted by Crippen LogP contribution is 2.34. The Labute approximate surface area is 81.4 Å². The molecule has 0 spiro atoms. The fourth-order valence-electron chi connectivity index (χ4n) is 2.11. The van der Waals surface area contributed by atoms with Gasteiger partial charge in [0.2, 0.25) is 0 Å². The van der Waals surface area contributed by atoms with Gasteiger partial charge in [0.15, 0.2) is 0 Å². The molecule has 0 aromatic heterocycles. The monoisotopic (exact) mass is 198 g/mol. The van der Waals surface area contributed by atoms with Crippen molar-refractivity contribution >= 4 is 0 Å². The zero-order valence-electron chi connectivity index (χ0n) is 7.98. The Kier molecular flexibility index (Phi) is 2.27. The van der Waals surface area contributed by atoms with E-state index in [4.69, 9.17) is 0 Å². The van der Waals surface area contributed by atoms with Gasteiger partial charge in [0.25, 0.3) is 0 Å². The van der Waals surface area contributed by atoms with Gasteiger partial charge in [0.05, 0.1) is 6.10 Å². The molecule has 0 unspecified atom stereocenters. The summed E-state index contributed by atoms with van der Waals surface area (Å²) < 4.78 is 26.5. The third kappa shape index (κ3) is 1.32. The average molecular weight is 198 g/mol. The van der Waals surface area contributed by atoms with Crippen LogP contribution in [0.25, 0.3) is 0 Å². The highest BCUT2D eigenvalue weighted by molar-refractivity contribution is 5.39. The Bertz CT molecular complexity index is 374. The molecule has 1 aliphatic rings. The molecule has 0 radical (unpaired) electrons. The second-order valence-electron chi connectivity index (χ2n) is 3.77. The Hall–Kier alpha value is -0.960. The maximum absolute atomic E-state index is 13.3. The largest absolute Gasteiger partial charge is 0.388 e. The van der Waals surface area contributed by atoms with Gasteiger partial charge >= 0.3 is 0 Å². The first-order valence-corrected chi connectivity index (χ1v) is 4.76. The maximum atomic E-state index is 13.3. The Morgan fingerprint density at radius 1 is 1.36 bits per heavy atom. The minimum atomic E-state index is -0.705. The summed E-state index contributed by atoms with van der Waals surface area (Å²) in [5.41, 5.74) is 1.34. The van der Waals surface area contributed by atoms with E-state index in [9.17, 15) is 13.9 Å². The van der Waals surface area contributed by atoms with Crippen LogP contribution in [0, 0.1) is 18.6 Å². The Morgan fingerprint density at radius 2 is 2.07 bits per heavy atom. The molecule has 1 aromatic rings. The van der Waals surface area contributed by atoms with Crippen LogP contribution in [-0.4, -0.2) is 5.11 Å². The molecule has 0 amide bonds. The lowest BCUT2D eigenvalue weighted by molar-refractivity contribution is 0.154. The highest BCUT2D eigenvalue weighted by atomic mass is 19.1. The summed E-state index contributed by atoms with van der Waals surface area (Å²) >= 11 is 0. The van der Waals surface area contributed by atoms with Gasteiger partial charge < -0.3 is 5.11 Å². The predicted molar refractivity (Wildman–Crippen MR) is 49.0 cm³/mol. The van der Waals surface area contributed by atoms with Crippen molar-refractivity contribution in [2.45, 2.75) is 32.3 Å². The van der Waals surface area contributed by atoms with E-state index >= 15 is 0 Å². The minimum Gasteiger partial charge on any atom is -0.388 e. The Balaban J connectivity index is 2.67. The molecule has 2 rings (SSSR count). The minimum absolute atomic E-state index is 0.383. The molecule has 1 N–H and O–H groups in total. The quantitative estimate of drug-likeness (QED) is 0.679. The van der Waals surface area contributed by atoms with Crippen LogP contribution in [0.3, 0.4) is 0 Å². The molecular formula is C11H12F2O. The smallest absolute Gasteiger partial charge is 0.129 e. The molecule has 0 saturated heterocycles. The van der Waals surface area contributed by atoms with E-state index in [-0.39, 0.29) is 0 Å². The maximum Gasteiger partial charge on any atom is 0.129 e. The van der Waals surface area contributed by atoms with Crippen LogP contribution in [0.4, 0.5) is 8.78 Å². The van der Waals surface area contributed by atoms with Crippen LogP contribution in [0.1, 0.15) is 35.6 Å². The summed E-state index contributed by atoms with van der Waals surface area (Å²) in [5.74, 6) is -1.09. The van der Waals surface area contributed by atoms with Gasteiger partial charge in [-0.2, -0.15) is 0 Å². The summed E-state index contributed by atoms with van der Waals surface area (Å²) in [5, 5.41) is 9.66. The lowest BCUT2D eigenvalue weighted by Crippen LogP contribution is -2.14. The van der Waals surface area contributed by atoms with Crippen LogP contribution < -0.4 is 0 Å². The fraction of sp³-hybridized carbons (Fsp3) is 0.455. The van der Waals surface area contributed by atoms with Crippen LogP contribution in [0.15, 0.2) is 6.07 Å². The molecule has 1 nitrogen and oxygen atoms in total. The number of benzene rings is 1. The van der Waals surface area contributed by atoms with Crippen molar-refractivity contribution in [3.05, 3.63) is 34.4 Å². The van der Waals surface area contributed by atoms with Crippen molar-refractivity contribution < 1.29 is 13.9 Å². The van der Waals surface area contributed by atoms with Crippen LogP contribution >= 0.6 is 0 Å². The third-order valence-electron chi connectivity index (χ3n) is 2.87. The first kappa shape index (κ1) is 9.59. The number of aliphatic hydroxyl groups is 1. The number of aliphatic hydroxyl groups excluding tert-OH is 1. The first-order valence-electron chi connectivity index (χ1n) is 4.76. The Morgan fingerprint density at radius 3 is 2.79 bits per heavy atom. The summed E-state index contributed by atoms with van der Waals surface area (Å²) in [6, 6.07) is 0.909. The van der Waals surface area contributed by atoms with E-state index in [1.807, 2.05) is 0 Å². The van der Waals surface area contributed by atoms with Gasteiger partial charge in [-0.1, -0.05) is 0 Å². The first-order chi connectivity index (χ1) is 6.61. The third-order valence-corrected chi connectivity index (χ3v) is 2.87. The van der Waals surface area contributed by atoms with E-state index in [1.54, 1.807) is 6.92 Å². The van der Waals surface area contributed by atoms with Crippen molar-refractivity contribution in [2.75, 3.05) is 0 Å². The fourth-order valence-corrected chi connectivity index (χ4v) is 2.11. The molecule has 14 heavy (non-hydrogen) atoms. The zero-order chi connectivity index (χ0) is 10.3. The van der Waals surface area contributed by atoms with Crippen LogP contribution in [0.5, 0.6) is 0 Å². The second kappa shape index (κ2) is 3.31. The number of fused-ring (bicyclic) bond motifs is 1. The van der Waals surface area contributed by atoms with Crippen molar-refractivity contribution in [2.24, 2.45) is 0 Å². The van der Waals surface area contributed by atoms with Crippen LogP contribution in [0.2, 0.25) is 0 Å². The lowest BCUT2D eigenvalue weighted by Gasteiger charge is -2.24. The topological polar surface area (TPSA) is 20.2 Å². The zero-order valence-corrected chi connectivity index (χ0v) is 7.98. The number of rotatable bonds is 0. The molecule has 0 heterocycles. The van der Waals surface area contributed by atoms with Gasteiger partial charge in [0, 0.05) is 6.07 Å². The van der Waals surface area contributed by atoms with E-state index in [0.717, 1.165) is 12.5 Å². The van der Waals surface area contributed by atoms with Crippen molar-refractivity contribution in [3.8, 4) is 0 Å². The van der Waals surface area contributed by atoms with Crippen molar-refractivity contribution in [1.82, 2.24) is 0 Å². The van der Waals surface area contributed by atoms with Gasteiger partial charge in [-0.15, -0.1) is 0 Å². The van der Waals surface area contributed by atoms with Crippen molar-refractivity contribution in [1.29, 1.82) is 0 Å². The van der Waals surface area contributed by atoms with Crippen molar-refractivity contribution in [3.63, 3.8) is 0 Å². The van der Waals surface area contributed by atoms with E-state index in [2.05, 4.69) is 0 Å². The highest BCUT2D eigenvalue weighted by Gasteiger charge is 2.24. The predicted octanol–water partition coefficient (Wildman–Crippen LogP) is 2.64. The van der Waals surface area contributed by atoms with Gasteiger partial charge in [-0.25, -0.2) is 8.78 Å². The molecular weight excluding hydrogens is 186 g/mol. The van der Waals surface area contributed by atoms with E-state index in [0.29, 0.717) is 29.5 Å². The van der Waals surface area contributed by atoms with E-state index < -0.39 is 17.7 Å². The summed E-state index contributed by atoms with van der Waals surface area (Å²) in [7, 11) is 0. The number of hydrogen-bond donors (Lipinski definition) is 1. The van der Waals surface area contributed by atoms with Crippen LogP contribution in [-0.2, 0) is 6.42 Å². The summed E-state index contributed by atoms with van der Waals surface area (Å²) in [6.45, 7) is 1.59. The summed E-state index contributed by atoms with van der Waals surface area (Å²) in [4.78, 5) is 0. The molecule has 1 aliphatic carbocycles. The molecule has 1 aromatic carbocycles. The number of halogens is 2. The molecule has 0 bridgehead atoms. The van der Waals surface area contributed by atoms with E-state index in [1.165, 1.54) is 0 Å². The molecule has 3 heteroatoms. The molecule has 0 saturated carbocycles. The second-order valence-corrected chi connectivity index (χ2v) is 3.77. The summed E-state index contributed by atoms with van der Waals surface area (Å²) in [6.07, 6.45) is 1.25. The normalized spacial score (nSPS) is 20.7. The van der Waals surface area contributed by atoms with Gasteiger partial charge in [-0.05, 0) is 42.9 Å². The lowest BCUT2D eigenvalue weighted by atomic mass is 9.86. The number of hydrogen-bond acceptors (Lipinski definition) is 1. The molecule has 76 valence electrons. The SMILES string of the molecule is Cc1c(F)cc(F)c2c1[C@H](O)CCC2. The molecule has 0 aliphatic heterocycles. The van der Waals surface area contributed by atoms with Gasteiger partial charge in [-0.3, -0.25) is 0 Å². The molecule has 1 atom stereocenters. The van der Waals surface area contributed by atoms with Gasteiger partial charge in [0.1, 0.15) is 11.6 Å². The average Bonchev–Trinajstić information content (AvgIpc) is 2.14.